The van der Waals surface area contributed by atoms with Crippen LogP contribution >= 0.6 is 22.4 Å². The molecule has 0 fully saturated rings. The van der Waals surface area contributed by atoms with E-state index in [0.29, 0.717) is 0 Å². The molecule has 0 aliphatic heterocycles. The molecule has 0 saturated carbocycles. The van der Waals surface area contributed by atoms with E-state index in [4.69, 9.17) is 0 Å². The van der Waals surface area contributed by atoms with Crippen molar-refractivity contribution in [2.24, 2.45) is 0 Å². The number of rotatable bonds is 0. The predicted octanol–water partition coefficient (Wildman–Crippen LogP) is -0.567. The fourth-order valence-corrected chi connectivity index (χ4v) is 0. The molecule has 0 aromatic carbocycles. The molecule has 3 heteroatoms. The van der Waals surface area contributed by atoms with Gasteiger partial charge in [0.15, 0.2) is 0 Å². The Balaban J connectivity index is 2.55. The molecule has 0 atom stereocenters. The molecule has 0 aliphatic rings. The molecular formula is CH3B2I. The molecule has 0 unspecified atom stereocenters. The van der Waals surface area contributed by atoms with Gasteiger partial charge < -0.3 is 0 Å². The fourth-order valence-electron chi connectivity index (χ4n) is 0. The maximum atomic E-state index is 2.17. The summed E-state index contributed by atoms with van der Waals surface area (Å²) in [6.45, 7) is 0. The van der Waals surface area contributed by atoms with Crippen molar-refractivity contribution in [1.82, 2.24) is 0 Å². The topological polar surface area (TPSA) is 0 Å². The summed E-state index contributed by atoms with van der Waals surface area (Å²) in [7, 11) is 1.99. The summed E-state index contributed by atoms with van der Waals surface area (Å²) < 4.78 is 1.97. The second kappa shape index (κ2) is 3.73. The molecule has 0 heterocycles. The van der Waals surface area contributed by atoms with Gasteiger partial charge in [-0.05, 0) is 0 Å². The van der Waals surface area contributed by atoms with Crippen LogP contribution in [0.2, 0.25) is 0 Å². The van der Waals surface area contributed by atoms with Crippen molar-refractivity contribution in [2.45, 2.75) is 0 Å². The van der Waals surface area contributed by atoms with Crippen molar-refractivity contribution < 1.29 is 0 Å². The molecule has 0 aromatic heterocycles. The molecule has 0 N–H and O–H groups in total. The SMILES string of the molecule is BC=BI. The van der Waals surface area contributed by atoms with Gasteiger partial charge in [-0.3, -0.25) is 0 Å². The van der Waals surface area contributed by atoms with Crippen molar-refractivity contribution in [1.29, 1.82) is 0 Å². The van der Waals surface area contributed by atoms with Crippen molar-refractivity contribution in [3.8, 4) is 0 Å². The molecular weight excluding hydrogens is 161 g/mol. The second-order valence-electron chi connectivity index (χ2n) is 0.459. The first-order valence-electron chi connectivity index (χ1n) is 1.13. The minimum absolute atomic E-state index is 1.97. The molecule has 0 saturated heterocycles. The summed E-state index contributed by atoms with van der Waals surface area (Å²) in [5.41, 5.74) is 0. The normalized spacial score (nSPS) is 7.25. The van der Waals surface area contributed by atoms with Gasteiger partial charge in [-0.1, -0.05) is 0 Å². The van der Waals surface area contributed by atoms with Gasteiger partial charge in [-0.2, -0.15) is 0 Å². The molecule has 0 spiro atoms. The molecule has 0 amide bonds. The average Bonchev–Trinajstić information content (AvgIpc) is 1.37. The van der Waals surface area contributed by atoms with Gasteiger partial charge in [-0.15, -0.1) is 0 Å². The van der Waals surface area contributed by atoms with Crippen molar-refractivity contribution in [3.63, 3.8) is 0 Å². The van der Waals surface area contributed by atoms with Gasteiger partial charge in [0.05, 0.1) is 0 Å². The monoisotopic (exact) mass is 164 g/mol. The number of hydrogen-bond donors (Lipinski definition) is 0. The summed E-state index contributed by atoms with van der Waals surface area (Å²) >= 11 is 2.17. The number of hydrogen-bond acceptors (Lipinski definition) is 0. The summed E-state index contributed by atoms with van der Waals surface area (Å²) in [6, 6.07) is 0. The zero-order chi connectivity index (χ0) is 3.41. The van der Waals surface area contributed by atoms with E-state index < -0.39 is 0 Å². The van der Waals surface area contributed by atoms with E-state index in [9.17, 15) is 0 Å². The molecule has 4 heavy (non-hydrogen) atoms. The first kappa shape index (κ1) is 4.73. The standard InChI is InChI=1S/CH3B2I/c2-1-3-4/h1H,2H2. The van der Waals surface area contributed by atoms with Gasteiger partial charge in [0, 0.05) is 0 Å². The van der Waals surface area contributed by atoms with Gasteiger partial charge in [0.2, 0.25) is 0 Å². The molecule has 0 nitrogen and oxygen atoms in total. The Morgan fingerprint density at radius 3 is 2.25 bits per heavy atom. The van der Waals surface area contributed by atoms with Crippen LogP contribution in [-0.2, 0) is 0 Å². The van der Waals surface area contributed by atoms with Crippen LogP contribution in [0.5, 0.6) is 0 Å². The van der Waals surface area contributed by atoms with E-state index in [1.807, 2.05) is 18.5 Å². The Morgan fingerprint density at radius 1 is 2.00 bits per heavy atom. The van der Waals surface area contributed by atoms with Crippen LogP contribution in [0.15, 0.2) is 0 Å². The van der Waals surface area contributed by atoms with E-state index in [0.717, 1.165) is 0 Å². The van der Waals surface area contributed by atoms with Crippen LogP contribution in [0.3, 0.4) is 0 Å². The molecule has 0 radical (unpaired) electrons. The quantitative estimate of drug-likeness (QED) is 0.332. The van der Waals surface area contributed by atoms with Crippen molar-refractivity contribution >= 4 is 40.9 Å². The van der Waals surface area contributed by atoms with Crippen LogP contribution in [0.25, 0.3) is 0 Å². The van der Waals surface area contributed by atoms with E-state index in [-0.39, 0.29) is 0 Å². The van der Waals surface area contributed by atoms with E-state index in [1.54, 1.807) is 0 Å². The zero-order valence-corrected chi connectivity index (χ0v) is 4.69. The molecule has 0 bridgehead atoms. The zero-order valence-electron chi connectivity index (χ0n) is 2.53. The van der Waals surface area contributed by atoms with Gasteiger partial charge in [0.1, 0.15) is 0 Å². The van der Waals surface area contributed by atoms with Crippen LogP contribution in [-0.4, -0.2) is 18.5 Å². The molecule has 0 rings (SSSR count). The van der Waals surface area contributed by atoms with Crippen LogP contribution < -0.4 is 0 Å². The summed E-state index contributed by atoms with van der Waals surface area (Å²) in [6.07, 6.45) is 0. The Labute approximate surface area is 41.2 Å². The third kappa shape index (κ3) is 2.73. The van der Waals surface area contributed by atoms with Crippen molar-refractivity contribution in [3.05, 3.63) is 0 Å². The van der Waals surface area contributed by atoms with Crippen LogP contribution in [0.4, 0.5) is 0 Å². The summed E-state index contributed by atoms with van der Waals surface area (Å²) in [5, 5.41) is 0. The summed E-state index contributed by atoms with van der Waals surface area (Å²) in [5.74, 6) is 1.99. The first-order chi connectivity index (χ1) is 1.91. The van der Waals surface area contributed by atoms with E-state index >= 15 is 0 Å². The van der Waals surface area contributed by atoms with Gasteiger partial charge in [-0.25, -0.2) is 0 Å². The van der Waals surface area contributed by atoms with Crippen LogP contribution in [0.1, 0.15) is 0 Å². The number of halogens is 1. The molecule has 0 aliphatic carbocycles. The maximum absolute atomic E-state index is 2.17. The Bertz CT molecular complexity index is 21.2. The van der Waals surface area contributed by atoms with E-state index in [2.05, 4.69) is 22.4 Å². The van der Waals surface area contributed by atoms with Crippen molar-refractivity contribution in [2.75, 3.05) is 0 Å². The fraction of sp³-hybridized carbons (Fsp3) is 0. The minimum atomic E-state index is 1.97. The Hall–Kier alpha value is 0.730. The third-order valence-corrected chi connectivity index (χ3v) is 0.845. The van der Waals surface area contributed by atoms with E-state index in [1.165, 1.54) is 0 Å². The van der Waals surface area contributed by atoms with Gasteiger partial charge in [0.25, 0.3) is 0 Å². The Kier molecular flexibility index (Phi) is 4.41. The van der Waals surface area contributed by atoms with Gasteiger partial charge >= 0.3 is 40.9 Å². The second-order valence-corrected chi connectivity index (χ2v) is 1.18. The molecule has 0 aromatic rings. The predicted molar refractivity (Wildman–Crippen MR) is 34.4 cm³/mol. The summed E-state index contributed by atoms with van der Waals surface area (Å²) in [4.78, 5) is 0. The van der Waals surface area contributed by atoms with Crippen LogP contribution in [0, 0.1) is 0 Å². The average molecular weight is 164 g/mol. The first-order valence-corrected chi connectivity index (χ1v) is 2.37. The Morgan fingerprint density at radius 2 is 2.25 bits per heavy atom. The molecule has 20 valence electrons. The third-order valence-electron chi connectivity index (χ3n) is 0.126.